The average molecular weight is 314 g/mol. The summed E-state index contributed by atoms with van der Waals surface area (Å²) in [6.07, 6.45) is 8.41. The number of aromatic nitrogens is 1. The highest BCUT2D eigenvalue weighted by Gasteiger charge is 2.20. The Morgan fingerprint density at radius 2 is 1.91 bits per heavy atom. The molecular weight excluding hydrogens is 288 g/mol. The number of anilines is 1. The largest absolute Gasteiger partial charge is 0.377 e. The molecule has 0 amide bonds. The van der Waals surface area contributed by atoms with Crippen molar-refractivity contribution in [1.82, 2.24) is 9.88 Å². The van der Waals surface area contributed by atoms with Gasteiger partial charge in [0, 0.05) is 19.6 Å². The van der Waals surface area contributed by atoms with E-state index in [1.807, 2.05) is 6.07 Å². The number of nitriles is 1. The summed E-state index contributed by atoms with van der Waals surface area (Å²) in [5.74, 6) is 0. The molecule has 23 heavy (non-hydrogen) atoms. The Kier molecular flexibility index (Phi) is 5.84. The Morgan fingerprint density at radius 1 is 1.13 bits per heavy atom. The first kappa shape index (κ1) is 16.2. The molecule has 3 heterocycles. The number of piperidine rings is 2. The molecule has 124 valence electrons. The summed E-state index contributed by atoms with van der Waals surface area (Å²) in [5.41, 5.74) is 1.58. The van der Waals surface area contributed by atoms with Gasteiger partial charge < -0.3 is 14.5 Å². The minimum absolute atomic E-state index is 0.391. The third kappa shape index (κ3) is 4.66. The molecule has 5 nitrogen and oxygen atoms in total. The molecule has 0 aliphatic carbocycles. The van der Waals surface area contributed by atoms with Crippen LogP contribution < -0.4 is 4.90 Å². The van der Waals surface area contributed by atoms with E-state index in [0.717, 1.165) is 44.8 Å². The lowest BCUT2D eigenvalue weighted by molar-refractivity contribution is 0.0212. The van der Waals surface area contributed by atoms with Crippen molar-refractivity contribution in [2.75, 3.05) is 44.2 Å². The van der Waals surface area contributed by atoms with Gasteiger partial charge in [0.25, 0.3) is 0 Å². The topological polar surface area (TPSA) is 52.4 Å². The van der Waals surface area contributed by atoms with E-state index in [1.54, 1.807) is 12.3 Å². The predicted molar refractivity (Wildman–Crippen MR) is 90.4 cm³/mol. The van der Waals surface area contributed by atoms with Gasteiger partial charge in [0.2, 0.25) is 0 Å². The number of rotatable bonds is 5. The molecule has 2 saturated heterocycles. The quantitative estimate of drug-likeness (QED) is 0.835. The molecule has 0 saturated carbocycles. The van der Waals surface area contributed by atoms with Crippen LogP contribution in [0.15, 0.2) is 18.3 Å². The average Bonchev–Trinajstić information content (AvgIpc) is 2.63. The molecule has 0 atom stereocenters. The van der Waals surface area contributed by atoms with Crippen LogP contribution >= 0.6 is 0 Å². The van der Waals surface area contributed by atoms with Gasteiger partial charge in [-0.25, -0.2) is 4.98 Å². The minimum Gasteiger partial charge on any atom is -0.377 e. The fourth-order valence-corrected chi connectivity index (χ4v) is 3.45. The Balaban J connectivity index is 1.37. The fourth-order valence-electron chi connectivity index (χ4n) is 3.45. The smallest absolute Gasteiger partial charge is 0.140 e. The lowest BCUT2D eigenvalue weighted by Crippen LogP contribution is -2.38. The molecule has 5 heteroatoms. The Hall–Kier alpha value is -1.64. The molecule has 0 N–H and O–H groups in total. The number of hydrogen-bond acceptors (Lipinski definition) is 5. The molecular formula is C18H26N4O. The Labute approximate surface area is 138 Å². The van der Waals surface area contributed by atoms with Crippen molar-refractivity contribution in [2.45, 2.75) is 38.2 Å². The highest BCUT2D eigenvalue weighted by Crippen LogP contribution is 2.21. The molecule has 0 radical (unpaired) electrons. The summed E-state index contributed by atoms with van der Waals surface area (Å²) in [6.45, 7) is 6.44. The minimum atomic E-state index is 0.391. The molecule has 2 aliphatic heterocycles. The number of nitrogens with zero attached hydrogens (tertiary/aromatic N) is 4. The summed E-state index contributed by atoms with van der Waals surface area (Å²) < 4.78 is 6.08. The first-order chi connectivity index (χ1) is 11.3. The first-order valence-corrected chi connectivity index (χ1v) is 8.80. The number of ether oxygens (including phenoxy) is 1. The van der Waals surface area contributed by atoms with E-state index in [1.165, 1.54) is 32.4 Å². The van der Waals surface area contributed by atoms with Gasteiger partial charge in [0.05, 0.1) is 24.6 Å². The molecule has 1 aromatic rings. The third-order valence-electron chi connectivity index (χ3n) is 4.88. The van der Waals surface area contributed by atoms with E-state index < -0.39 is 0 Å². The molecule has 0 bridgehead atoms. The molecule has 2 aliphatic rings. The SMILES string of the molecule is N#Cc1ccc(N2CCC(OCCN3CCCCC3)CC2)cn1. The summed E-state index contributed by atoms with van der Waals surface area (Å²) in [4.78, 5) is 9.01. The standard InChI is InChI=1S/C18H26N4O/c19-14-16-4-5-17(15-20-16)22-10-6-18(7-11-22)23-13-12-21-8-2-1-3-9-21/h4-5,15,18H,1-3,6-13H2. The highest BCUT2D eigenvalue weighted by atomic mass is 16.5. The molecule has 1 aromatic heterocycles. The van der Waals surface area contributed by atoms with E-state index in [0.29, 0.717) is 11.8 Å². The summed E-state index contributed by atoms with van der Waals surface area (Å²) >= 11 is 0. The van der Waals surface area contributed by atoms with Crippen LogP contribution in [0.5, 0.6) is 0 Å². The van der Waals surface area contributed by atoms with Gasteiger partial charge in [-0.3, -0.25) is 0 Å². The van der Waals surface area contributed by atoms with Gasteiger partial charge in [-0.2, -0.15) is 5.26 Å². The monoisotopic (exact) mass is 314 g/mol. The Bertz CT molecular complexity index is 511. The maximum absolute atomic E-state index is 8.80. The van der Waals surface area contributed by atoms with E-state index in [2.05, 4.69) is 20.9 Å². The van der Waals surface area contributed by atoms with Gasteiger partial charge >= 0.3 is 0 Å². The first-order valence-electron chi connectivity index (χ1n) is 8.80. The van der Waals surface area contributed by atoms with Crippen molar-refractivity contribution in [3.05, 3.63) is 24.0 Å². The summed E-state index contributed by atoms with van der Waals surface area (Å²) in [5, 5.41) is 8.80. The van der Waals surface area contributed by atoms with Gasteiger partial charge in [-0.15, -0.1) is 0 Å². The van der Waals surface area contributed by atoms with Crippen LogP contribution in [0.2, 0.25) is 0 Å². The highest BCUT2D eigenvalue weighted by molar-refractivity contribution is 5.46. The van der Waals surface area contributed by atoms with Gasteiger partial charge in [-0.05, 0) is 50.9 Å². The maximum atomic E-state index is 8.80. The normalized spacial score (nSPS) is 20.4. The number of hydrogen-bond donors (Lipinski definition) is 0. The van der Waals surface area contributed by atoms with Crippen molar-refractivity contribution in [3.63, 3.8) is 0 Å². The van der Waals surface area contributed by atoms with Crippen molar-refractivity contribution < 1.29 is 4.74 Å². The van der Waals surface area contributed by atoms with E-state index in [-0.39, 0.29) is 0 Å². The van der Waals surface area contributed by atoms with Crippen molar-refractivity contribution in [3.8, 4) is 6.07 Å². The third-order valence-corrected chi connectivity index (χ3v) is 4.88. The zero-order valence-electron chi connectivity index (χ0n) is 13.8. The maximum Gasteiger partial charge on any atom is 0.140 e. The van der Waals surface area contributed by atoms with Crippen LogP contribution in [0.1, 0.15) is 37.8 Å². The lowest BCUT2D eigenvalue weighted by atomic mass is 10.1. The van der Waals surface area contributed by atoms with Crippen LogP contribution in [0.3, 0.4) is 0 Å². The Morgan fingerprint density at radius 3 is 2.57 bits per heavy atom. The summed E-state index contributed by atoms with van der Waals surface area (Å²) in [7, 11) is 0. The van der Waals surface area contributed by atoms with Crippen LogP contribution in [-0.4, -0.2) is 55.3 Å². The molecule has 0 spiro atoms. The van der Waals surface area contributed by atoms with Gasteiger partial charge in [0.15, 0.2) is 0 Å². The second-order valence-corrected chi connectivity index (χ2v) is 6.47. The number of pyridine rings is 1. The molecule has 3 rings (SSSR count). The van der Waals surface area contributed by atoms with E-state index in [4.69, 9.17) is 10.00 Å². The second kappa shape index (κ2) is 8.28. The van der Waals surface area contributed by atoms with Crippen LogP contribution in [0.25, 0.3) is 0 Å². The fraction of sp³-hybridized carbons (Fsp3) is 0.667. The van der Waals surface area contributed by atoms with Crippen molar-refractivity contribution in [1.29, 1.82) is 5.26 Å². The van der Waals surface area contributed by atoms with Gasteiger partial charge in [0.1, 0.15) is 11.8 Å². The lowest BCUT2D eigenvalue weighted by Gasteiger charge is -2.34. The van der Waals surface area contributed by atoms with Gasteiger partial charge in [-0.1, -0.05) is 6.42 Å². The van der Waals surface area contributed by atoms with Crippen LogP contribution in [0, 0.1) is 11.3 Å². The predicted octanol–water partition coefficient (Wildman–Crippen LogP) is 2.42. The van der Waals surface area contributed by atoms with Crippen molar-refractivity contribution in [2.24, 2.45) is 0 Å². The van der Waals surface area contributed by atoms with E-state index >= 15 is 0 Å². The van der Waals surface area contributed by atoms with Crippen LogP contribution in [-0.2, 0) is 4.74 Å². The molecule has 2 fully saturated rings. The second-order valence-electron chi connectivity index (χ2n) is 6.47. The molecule has 0 unspecified atom stereocenters. The zero-order valence-corrected chi connectivity index (χ0v) is 13.8. The van der Waals surface area contributed by atoms with E-state index in [9.17, 15) is 0 Å². The van der Waals surface area contributed by atoms with Crippen molar-refractivity contribution >= 4 is 5.69 Å². The molecule has 0 aromatic carbocycles. The summed E-state index contributed by atoms with van der Waals surface area (Å²) in [6, 6.07) is 5.84. The zero-order chi connectivity index (χ0) is 15.9. The number of likely N-dealkylation sites (tertiary alicyclic amines) is 1. The van der Waals surface area contributed by atoms with Crippen LogP contribution in [0.4, 0.5) is 5.69 Å².